The van der Waals surface area contributed by atoms with E-state index in [4.69, 9.17) is 9.84 Å². The Morgan fingerprint density at radius 2 is 2.11 bits per heavy atom. The van der Waals surface area contributed by atoms with Gasteiger partial charge in [0.25, 0.3) is 0 Å². The fourth-order valence-electron chi connectivity index (χ4n) is 3.88. The summed E-state index contributed by atoms with van der Waals surface area (Å²) in [4.78, 5) is 6.86. The summed E-state index contributed by atoms with van der Waals surface area (Å²) in [5, 5.41) is 8.03. The number of anilines is 2. The van der Waals surface area contributed by atoms with E-state index in [1.807, 2.05) is 22.8 Å². The predicted molar refractivity (Wildman–Crippen MR) is 106 cm³/mol. The van der Waals surface area contributed by atoms with Gasteiger partial charge in [-0.15, -0.1) is 5.10 Å². The molecule has 1 aliphatic carbocycles. The zero-order chi connectivity index (χ0) is 19.1. The molecule has 146 valence electrons. The van der Waals surface area contributed by atoms with Crippen LogP contribution < -0.4 is 10.1 Å². The van der Waals surface area contributed by atoms with Crippen LogP contribution in [0.3, 0.4) is 0 Å². The molecular formula is C21H24FN5O. The number of nitrogens with one attached hydrogen (secondary N) is 1. The molecule has 2 aromatic heterocycles. The Kier molecular flexibility index (Phi) is 4.39. The summed E-state index contributed by atoms with van der Waals surface area (Å²) in [5.41, 5.74) is 3.29. The van der Waals surface area contributed by atoms with Crippen molar-refractivity contribution >= 4 is 17.0 Å². The van der Waals surface area contributed by atoms with Crippen LogP contribution in [-0.2, 0) is 0 Å². The second kappa shape index (κ2) is 7.05. The number of piperidine rings is 1. The number of rotatable bonds is 5. The molecule has 1 N–H and O–H groups in total. The number of benzene rings is 1. The standard InChI is InChI=1S/C21H24FN5O/c1-26-9-3-6-17(13-26)28-20-11-18(24-16-5-2-4-15(22)10-16)21-23-12-19(14-7-8-14)27(21)25-20/h2,4-5,10-12,14,17,24H,3,6-9,13H2,1H3. The molecule has 0 amide bonds. The number of ether oxygens (including phenoxy) is 1. The second-order valence-corrected chi connectivity index (χ2v) is 7.87. The number of hydrogen-bond donors (Lipinski definition) is 1. The molecular weight excluding hydrogens is 357 g/mol. The maximum absolute atomic E-state index is 13.6. The number of likely N-dealkylation sites (N-methyl/N-ethyl adjacent to an activating group) is 1. The van der Waals surface area contributed by atoms with E-state index in [9.17, 15) is 4.39 Å². The van der Waals surface area contributed by atoms with E-state index < -0.39 is 0 Å². The summed E-state index contributed by atoms with van der Waals surface area (Å²) in [6.07, 6.45) is 6.50. The molecule has 2 aliphatic rings. The first-order valence-electron chi connectivity index (χ1n) is 9.92. The van der Waals surface area contributed by atoms with Crippen LogP contribution >= 0.6 is 0 Å². The molecule has 0 bridgehead atoms. The van der Waals surface area contributed by atoms with Crippen LogP contribution in [0.5, 0.6) is 5.88 Å². The van der Waals surface area contributed by atoms with Gasteiger partial charge in [0.1, 0.15) is 11.9 Å². The molecule has 7 heteroatoms. The highest BCUT2D eigenvalue weighted by molar-refractivity contribution is 5.74. The van der Waals surface area contributed by atoms with Crippen LogP contribution in [0.15, 0.2) is 36.5 Å². The average molecular weight is 381 g/mol. The van der Waals surface area contributed by atoms with Crippen molar-refractivity contribution in [2.75, 3.05) is 25.5 Å². The third-order valence-corrected chi connectivity index (χ3v) is 5.44. The number of likely N-dealkylation sites (tertiary alicyclic amines) is 1. The molecule has 1 aromatic carbocycles. The first-order valence-corrected chi connectivity index (χ1v) is 9.92. The van der Waals surface area contributed by atoms with Gasteiger partial charge in [-0.1, -0.05) is 6.07 Å². The number of hydrogen-bond acceptors (Lipinski definition) is 5. The Labute approximate surface area is 163 Å². The van der Waals surface area contributed by atoms with Crippen molar-refractivity contribution in [2.45, 2.75) is 37.7 Å². The first-order chi connectivity index (χ1) is 13.7. The molecule has 0 radical (unpaired) electrons. The molecule has 6 nitrogen and oxygen atoms in total. The van der Waals surface area contributed by atoms with Crippen LogP contribution in [0.1, 0.15) is 37.3 Å². The van der Waals surface area contributed by atoms with Crippen molar-refractivity contribution in [3.05, 3.63) is 48.0 Å². The molecule has 0 spiro atoms. The summed E-state index contributed by atoms with van der Waals surface area (Å²) >= 11 is 0. The first kappa shape index (κ1) is 17.4. The van der Waals surface area contributed by atoms with E-state index in [2.05, 4.69) is 22.2 Å². The van der Waals surface area contributed by atoms with Gasteiger partial charge in [0.15, 0.2) is 5.65 Å². The van der Waals surface area contributed by atoms with Crippen molar-refractivity contribution in [3.63, 3.8) is 0 Å². The zero-order valence-electron chi connectivity index (χ0n) is 15.9. The van der Waals surface area contributed by atoms with Crippen LogP contribution in [0.2, 0.25) is 0 Å². The van der Waals surface area contributed by atoms with E-state index in [-0.39, 0.29) is 11.9 Å². The normalized spacial score (nSPS) is 20.4. The van der Waals surface area contributed by atoms with Crippen molar-refractivity contribution in [2.24, 2.45) is 0 Å². The minimum absolute atomic E-state index is 0.124. The summed E-state index contributed by atoms with van der Waals surface area (Å²) in [6.45, 7) is 2.00. The molecule has 1 unspecified atom stereocenters. The summed E-state index contributed by atoms with van der Waals surface area (Å²) < 4.78 is 21.8. The number of halogens is 1. The molecule has 3 heterocycles. The van der Waals surface area contributed by atoms with Gasteiger partial charge in [-0.2, -0.15) is 0 Å². The number of aromatic nitrogens is 3. The Morgan fingerprint density at radius 1 is 1.21 bits per heavy atom. The second-order valence-electron chi connectivity index (χ2n) is 7.87. The quantitative estimate of drug-likeness (QED) is 0.725. The summed E-state index contributed by atoms with van der Waals surface area (Å²) in [6, 6.07) is 8.30. The number of imidazole rings is 1. The van der Waals surface area contributed by atoms with Gasteiger partial charge in [-0.25, -0.2) is 13.9 Å². The third-order valence-electron chi connectivity index (χ3n) is 5.44. The van der Waals surface area contributed by atoms with Crippen molar-refractivity contribution < 1.29 is 9.13 Å². The van der Waals surface area contributed by atoms with Gasteiger partial charge >= 0.3 is 0 Å². The molecule has 2 fully saturated rings. The fraction of sp³-hybridized carbons (Fsp3) is 0.429. The van der Waals surface area contributed by atoms with Gasteiger partial charge in [0.2, 0.25) is 5.88 Å². The maximum Gasteiger partial charge on any atom is 0.234 e. The van der Waals surface area contributed by atoms with E-state index >= 15 is 0 Å². The number of fused-ring (bicyclic) bond motifs is 1. The van der Waals surface area contributed by atoms with E-state index in [0.29, 0.717) is 17.5 Å². The predicted octanol–water partition coefficient (Wildman–Crippen LogP) is 3.96. The van der Waals surface area contributed by atoms with Gasteiger partial charge in [-0.05, 0) is 57.5 Å². The van der Waals surface area contributed by atoms with Crippen molar-refractivity contribution in [1.82, 2.24) is 19.5 Å². The van der Waals surface area contributed by atoms with Crippen LogP contribution in [0.25, 0.3) is 5.65 Å². The molecule has 1 saturated carbocycles. The smallest absolute Gasteiger partial charge is 0.234 e. The fourth-order valence-corrected chi connectivity index (χ4v) is 3.88. The van der Waals surface area contributed by atoms with Gasteiger partial charge in [-0.3, -0.25) is 0 Å². The highest BCUT2D eigenvalue weighted by atomic mass is 19.1. The zero-order valence-corrected chi connectivity index (χ0v) is 15.9. The van der Waals surface area contributed by atoms with Crippen molar-refractivity contribution in [3.8, 4) is 5.88 Å². The van der Waals surface area contributed by atoms with Gasteiger partial charge in [0.05, 0.1) is 17.6 Å². The minimum Gasteiger partial charge on any atom is -0.472 e. The average Bonchev–Trinajstić information content (AvgIpc) is 3.41. The van der Waals surface area contributed by atoms with Crippen LogP contribution in [-0.4, -0.2) is 45.7 Å². The Hall–Kier alpha value is -2.67. The third kappa shape index (κ3) is 3.54. The Morgan fingerprint density at radius 3 is 2.89 bits per heavy atom. The van der Waals surface area contributed by atoms with E-state index in [0.717, 1.165) is 43.0 Å². The molecule has 3 aromatic rings. The lowest BCUT2D eigenvalue weighted by Gasteiger charge is -2.29. The highest BCUT2D eigenvalue weighted by Crippen LogP contribution is 2.41. The SMILES string of the molecule is CN1CCCC(Oc2cc(Nc3cccc(F)c3)c3ncc(C4CC4)n3n2)C1. The molecule has 1 aliphatic heterocycles. The Bertz CT molecular complexity index is 1000. The van der Waals surface area contributed by atoms with Gasteiger partial charge < -0.3 is 15.0 Å². The lowest BCUT2D eigenvalue weighted by atomic mass is 10.1. The monoisotopic (exact) mass is 381 g/mol. The van der Waals surface area contributed by atoms with Gasteiger partial charge in [0, 0.05) is 24.2 Å². The lowest BCUT2D eigenvalue weighted by Crippen LogP contribution is -2.38. The minimum atomic E-state index is -0.279. The topological polar surface area (TPSA) is 54.7 Å². The highest BCUT2D eigenvalue weighted by Gasteiger charge is 2.29. The maximum atomic E-state index is 13.6. The van der Waals surface area contributed by atoms with E-state index in [1.165, 1.54) is 25.0 Å². The van der Waals surface area contributed by atoms with Crippen LogP contribution in [0.4, 0.5) is 15.8 Å². The molecule has 1 atom stereocenters. The number of nitrogens with zero attached hydrogens (tertiary/aromatic N) is 4. The molecule has 5 rings (SSSR count). The van der Waals surface area contributed by atoms with Crippen LogP contribution in [0, 0.1) is 5.82 Å². The molecule has 1 saturated heterocycles. The molecule has 28 heavy (non-hydrogen) atoms. The lowest BCUT2D eigenvalue weighted by molar-refractivity contribution is 0.0988. The summed E-state index contributed by atoms with van der Waals surface area (Å²) in [7, 11) is 2.12. The van der Waals surface area contributed by atoms with Crippen molar-refractivity contribution in [1.29, 1.82) is 0 Å². The summed E-state index contributed by atoms with van der Waals surface area (Å²) in [5.74, 6) is 0.811. The largest absolute Gasteiger partial charge is 0.472 e. The Balaban J connectivity index is 1.51. The van der Waals surface area contributed by atoms with E-state index in [1.54, 1.807) is 6.07 Å².